The van der Waals surface area contributed by atoms with E-state index in [9.17, 15) is 4.79 Å². The molecule has 104 valence electrons. The minimum absolute atomic E-state index is 0.246. The lowest BCUT2D eigenvalue weighted by atomic mass is 9.96. The van der Waals surface area contributed by atoms with Gasteiger partial charge in [0, 0.05) is 0 Å². The molecule has 0 aromatic heterocycles. The molecule has 2 rings (SSSR count). The van der Waals surface area contributed by atoms with Gasteiger partial charge in [-0.25, -0.2) is 4.79 Å². The van der Waals surface area contributed by atoms with E-state index < -0.39 is 5.97 Å². The first-order valence-electron chi connectivity index (χ1n) is 7.12. The van der Waals surface area contributed by atoms with Crippen molar-refractivity contribution < 1.29 is 14.6 Å². The first kappa shape index (κ1) is 13.9. The van der Waals surface area contributed by atoms with E-state index in [-0.39, 0.29) is 6.10 Å². The lowest BCUT2D eigenvalue weighted by molar-refractivity contribution is 0.0695. The molecule has 0 amide bonds. The van der Waals surface area contributed by atoms with Gasteiger partial charge in [-0.1, -0.05) is 26.3 Å². The van der Waals surface area contributed by atoms with Gasteiger partial charge in [0.25, 0.3) is 0 Å². The molecular weight excluding hydrogens is 240 g/mol. The highest BCUT2D eigenvalue weighted by molar-refractivity contribution is 5.88. The molecule has 0 heterocycles. The maximum Gasteiger partial charge on any atom is 0.335 e. The number of hydrogen-bond donors (Lipinski definition) is 1. The molecule has 0 atom stereocenters. The molecule has 1 aromatic rings. The molecule has 1 aromatic carbocycles. The van der Waals surface area contributed by atoms with E-state index in [1.165, 1.54) is 19.3 Å². The molecule has 3 heteroatoms. The summed E-state index contributed by atoms with van der Waals surface area (Å²) in [5.41, 5.74) is 1.39. The lowest BCUT2D eigenvalue weighted by Crippen LogP contribution is -2.20. The second-order valence-electron chi connectivity index (χ2n) is 5.59. The number of carboxylic acid groups (broad SMARTS) is 1. The fourth-order valence-electron chi connectivity index (χ4n) is 2.61. The van der Waals surface area contributed by atoms with Gasteiger partial charge < -0.3 is 9.84 Å². The zero-order valence-corrected chi connectivity index (χ0v) is 11.7. The molecule has 0 aliphatic heterocycles. The van der Waals surface area contributed by atoms with Crippen molar-refractivity contribution in [3.63, 3.8) is 0 Å². The Morgan fingerprint density at radius 2 is 1.95 bits per heavy atom. The van der Waals surface area contributed by atoms with Crippen LogP contribution in [-0.4, -0.2) is 17.2 Å². The van der Waals surface area contributed by atoms with E-state index in [0.717, 1.165) is 24.2 Å². The summed E-state index contributed by atoms with van der Waals surface area (Å²) in [6, 6.07) is 5.21. The number of rotatable bonds is 4. The number of hydrogen-bond acceptors (Lipinski definition) is 2. The maximum absolute atomic E-state index is 11.1. The van der Waals surface area contributed by atoms with Crippen molar-refractivity contribution in [2.75, 3.05) is 0 Å². The molecule has 19 heavy (non-hydrogen) atoms. The normalized spacial score (nSPS) is 16.6. The van der Waals surface area contributed by atoms with Crippen LogP contribution in [0.2, 0.25) is 0 Å². The molecule has 0 bridgehead atoms. The van der Waals surface area contributed by atoms with Gasteiger partial charge in [-0.3, -0.25) is 0 Å². The Kier molecular flexibility index (Phi) is 4.46. The molecule has 0 radical (unpaired) electrons. The van der Waals surface area contributed by atoms with Crippen molar-refractivity contribution in [2.24, 2.45) is 0 Å². The molecular formula is C16H22O3. The van der Waals surface area contributed by atoms with Crippen LogP contribution in [0.5, 0.6) is 5.75 Å². The van der Waals surface area contributed by atoms with Gasteiger partial charge >= 0.3 is 5.97 Å². The fraction of sp³-hybridized carbons (Fsp3) is 0.562. The molecule has 3 nitrogen and oxygen atoms in total. The molecule has 0 unspecified atom stereocenters. The largest absolute Gasteiger partial charge is 0.490 e. The van der Waals surface area contributed by atoms with Gasteiger partial charge in [0.05, 0.1) is 11.7 Å². The van der Waals surface area contributed by atoms with E-state index in [2.05, 4.69) is 13.8 Å². The average Bonchev–Trinajstić information content (AvgIpc) is 2.39. The quantitative estimate of drug-likeness (QED) is 0.883. The monoisotopic (exact) mass is 262 g/mol. The predicted octanol–water partition coefficient (Wildman–Crippen LogP) is 4.22. The minimum Gasteiger partial charge on any atom is -0.490 e. The van der Waals surface area contributed by atoms with E-state index in [1.54, 1.807) is 12.1 Å². The second kappa shape index (κ2) is 6.09. The van der Waals surface area contributed by atoms with Crippen LogP contribution in [0.4, 0.5) is 0 Å². The summed E-state index contributed by atoms with van der Waals surface area (Å²) < 4.78 is 6.08. The Bertz CT molecular complexity index is 445. The summed E-state index contributed by atoms with van der Waals surface area (Å²) in [5.74, 6) is 0.187. The Hall–Kier alpha value is -1.51. The summed E-state index contributed by atoms with van der Waals surface area (Å²) in [7, 11) is 0. The maximum atomic E-state index is 11.1. The third kappa shape index (κ3) is 3.49. The SMILES string of the molecule is CC(C)c1ccc(C(=O)O)cc1OC1CCCCC1. The van der Waals surface area contributed by atoms with Crippen molar-refractivity contribution in [3.8, 4) is 5.75 Å². The third-order valence-electron chi connectivity index (χ3n) is 3.73. The van der Waals surface area contributed by atoms with Crippen LogP contribution in [-0.2, 0) is 0 Å². The van der Waals surface area contributed by atoms with Crippen LogP contribution in [0, 0.1) is 0 Å². The van der Waals surface area contributed by atoms with Crippen LogP contribution in [0.3, 0.4) is 0 Å². The van der Waals surface area contributed by atoms with Crippen LogP contribution >= 0.6 is 0 Å². The van der Waals surface area contributed by atoms with Crippen molar-refractivity contribution >= 4 is 5.97 Å². The molecule has 1 N–H and O–H groups in total. The topological polar surface area (TPSA) is 46.5 Å². The smallest absolute Gasteiger partial charge is 0.335 e. The molecule has 0 spiro atoms. The number of carboxylic acids is 1. The molecule has 1 aliphatic carbocycles. The summed E-state index contributed by atoms with van der Waals surface area (Å²) >= 11 is 0. The first-order chi connectivity index (χ1) is 9.08. The van der Waals surface area contributed by atoms with Crippen LogP contribution in [0.15, 0.2) is 18.2 Å². The standard InChI is InChI=1S/C16H22O3/c1-11(2)14-9-8-12(16(17)18)10-15(14)19-13-6-4-3-5-7-13/h8-11,13H,3-7H2,1-2H3,(H,17,18). The van der Waals surface area contributed by atoms with Gasteiger partial charge in [0.2, 0.25) is 0 Å². The predicted molar refractivity (Wildman–Crippen MR) is 75.0 cm³/mol. The molecule has 0 saturated heterocycles. The number of carbonyl (C=O) groups is 1. The second-order valence-corrected chi connectivity index (χ2v) is 5.59. The zero-order valence-electron chi connectivity index (χ0n) is 11.7. The van der Waals surface area contributed by atoms with Gasteiger partial charge in [-0.05, 0) is 49.3 Å². The highest BCUT2D eigenvalue weighted by Gasteiger charge is 2.18. The fourth-order valence-corrected chi connectivity index (χ4v) is 2.61. The van der Waals surface area contributed by atoms with Gasteiger partial charge in [-0.15, -0.1) is 0 Å². The Morgan fingerprint density at radius 1 is 1.26 bits per heavy atom. The highest BCUT2D eigenvalue weighted by Crippen LogP contribution is 2.31. The van der Waals surface area contributed by atoms with E-state index in [4.69, 9.17) is 9.84 Å². The van der Waals surface area contributed by atoms with E-state index >= 15 is 0 Å². The molecule has 1 saturated carbocycles. The van der Waals surface area contributed by atoms with Crippen molar-refractivity contribution in [3.05, 3.63) is 29.3 Å². The van der Waals surface area contributed by atoms with Crippen LogP contribution in [0.25, 0.3) is 0 Å². The van der Waals surface area contributed by atoms with Crippen LogP contribution in [0.1, 0.15) is 67.8 Å². The van der Waals surface area contributed by atoms with Gasteiger partial charge in [0.15, 0.2) is 0 Å². The van der Waals surface area contributed by atoms with Gasteiger partial charge in [-0.2, -0.15) is 0 Å². The number of aromatic carboxylic acids is 1. The first-order valence-corrected chi connectivity index (χ1v) is 7.12. The number of benzene rings is 1. The summed E-state index contributed by atoms with van der Waals surface area (Å²) in [4.78, 5) is 11.1. The van der Waals surface area contributed by atoms with Crippen molar-refractivity contribution in [2.45, 2.75) is 58.0 Å². The molecule has 1 fully saturated rings. The Morgan fingerprint density at radius 3 is 2.53 bits per heavy atom. The lowest BCUT2D eigenvalue weighted by Gasteiger charge is -2.25. The van der Waals surface area contributed by atoms with Crippen LogP contribution < -0.4 is 4.74 Å². The summed E-state index contributed by atoms with van der Waals surface area (Å²) in [5, 5.41) is 9.09. The van der Waals surface area contributed by atoms with Gasteiger partial charge in [0.1, 0.15) is 5.75 Å². The van der Waals surface area contributed by atoms with Crippen molar-refractivity contribution in [1.29, 1.82) is 0 Å². The molecule has 1 aliphatic rings. The Labute approximate surface area is 114 Å². The van der Waals surface area contributed by atoms with E-state index in [1.807, 2.05) is 6.07 Å². The third-order valence-corrected chi connectivity index (χ3v) is 3.73. The van der Waals surface area contributed by atoms with Crippen molar-refractivity contribution in [1.82, 2.24) is 0 Å². The Balaban J connectivity index is 2.23. The zero-order chi connectivity index (χ0) is 13.8. The average molecular weight is 262 g/mol. The summed E-state index contributed by atoms with van der Waals surface area (Å²) in [6.07, 6.45) is 6.10. The highest BCUT2D eigenvalue weighted by atomic mass is 16.5. The number of ether oxygens (including phenoxy) is 1. The minimum atomic E-state index is -0.899. The summed E-state index contributed by atoms with van der Waals surface area (Å²) in [6.45, 7) is 4.20. The van der Waals surface area contributed by atoms with E-state index in [0.29, 0.717) is 11.5 Å².